The van der Waals surface area contributed by atoms with Gasteiger partial charge < -0.3 is 4.74 Å². The second-order valence-corrected chi connectivity index (χ2v) is 4.44. The zero-order valence-corrected chi connectivity index (χ0v) is 11.5. The van der Waals surface area contributed by atoms with Gasteiger partial charge in [-0.3, -0.25) is 5.73 Å². The molecule has 0 aliphatic rings. The Balaban J connectivity index is 2.14. The Labute approximate surface area is 129 Å². The predicted molar refractivity (Wildman–Crippen MR) is 65.4 cm³/mol. The van der Waals surface area contributed by atoms with Crippen molar-refractivity contribution in [2.75, 3.05) is 0 Å². The first-order chi connectivity index (χ1) is 11.0. The van der Waals surface area contributed by atoms with Crippen LogP contribution in [0.3, 0.4) is 0 Å². The largest absolute Gasteiger partial charge is 0.490 e. The number of nitrogens with zero attached hydrogens (tertiary/aromatic N) is 3. The lowest BCUT2D eigenvalue weighted by atomic mass is 10.3. The molecule has 0 spiro atoms. The fourth-order valence-corrected chi connectivity index (χ4v) is 1.56. The molecule has 24 heavy (non-hydrogen) atoms. The lowest BCUT2D eigenvalue weighted by Crippen LogP contribution is -2.29. The van der Waals surface area contributed by atoms with E-state index in [1.165, 1.54) is 0 Å². The lowest BCUT2D eigenvalue weighted by Gasteiger charge is -2.12. The minimum Gasteiger partial charge on any atom is -0.436 e. The van der Waals surface area contributed by atoms with Gasteiger partial charge in [0.15, 0.2) is 6.23 Å². The fourth-order valence-electron chi connectivity index (χ4n) is 1.56. The molecule has 12 heteroatoms. The molecule has 2 aromatic rings. The molecular weight excluding hydrogens is 346 g/mol. The van der Waals surface area contributed by atoms with Crippen LogP contribution in [0.1, 0.15) is 17.5 Å². The molecular formula is C12H8F6N4O2. The molecule has 1 atom stereocenters. The molecule has 6 nitrogen and oxygen atoms in total. The third kappa shape index (κ3) is 4.01. The van der Waals surface area contributed by atoms with Gasteiger partial charge in [-0.25, -0.2) is 14.5 Å². The van der Waals surface area contributed by atoms with Gasteiger partial charge >= 0.3 is 18.3 Å². The summed E-state index contributed by atoms with van der Waals surface area (Å²) in [6.45, 7) is 0. The number of aromatic nitrogens is 3. The van der Waals surface area contributed by atoms with Crippen LogP contribution in [0.2, 0.25) is 0 Å². The number of carbonyl (C=O) groups excluding carboxylic acids is 1. The number of esters is 1. The van der Waals surface area contributed by atoms with Gasteiger partial charge in [0.2, 0.25) is 0 Å². The Kier molecular flexibility index (Phi) is 4.51. The minimum absolute atomic E-state index is 0.0903. The Morgan fingerprint density at radius 1 is 1.17 bits per heavy atom. The van der Waals surface area contributed by atoms with E-state index in [1.54, 1.807) is 0 Å². The SMILES string of the molecule is NC(OC(=O)C(F)(F)F)c1cnn(-c2ccc(C(F)(F)F)nc2)c1. The zero-order valence-electron chi connectivity index (χ0n) is 11.5. The Morgan fingerprint density at radius 3 is 2.33 bits per heavy atom. The highest BCUT2D eigenvalue weighted by atomic mass is 19.4. The van der Waals surface area contributed by atoms with Gasteiger partial charge in [0.05, 0.1) is 18.1 Å². The van der Waals surface area contributed by atoms with Crippen molar-refractivity contribution in [1.82, 2.24) is 14.8 Å². The highest BCUT2D eigenvalue weighted by molar-refractivity contribution is 5.75. The summed E-state index contributed by atoms with van der Waals surface area (Å²) in [5.41, 5.74) is 4.20. The van der Waals surface area contributed by atoms with Crippen molar-refractivity contribution in [2.24, 2.45) is 5.73 Å². The normalized spacial score (nSPS) is 13.6. The van der Waals surface area contributed by atoms with Crippen molar-refractivity contribution in [3.63, 3.8) is 0 Å². The first-order valence-electron chi connectivity index (χ1n) is 6.10. The number of nitrogens with two attached hydrogens (primary N) is 1. The highest BCUT2D eigenvalue weighted by Gasteiger charge is 2.42. The van der Waals surface area contributed by atoms with Crippen LogP contribution in [-0.4, -0.2) is 26.9 Å². The molecule has 0 bridgehead atoms. The van der Waals surface area contributed by atoms with Crippen LogP contribution in [0.5, 0.6) is 0 Å². The van der Waals surface area contributed by atoms with E-state index in [9.17, 15) is 31.1 Å². The third-order valence-electron chi connectivity index (χ3n) is 2.70. The minimum atomic E-state index is -5.20. The average Bonchev–Trinajstić information content (AvgIpc) is 2.95. The van der Waals surface area contributed by atoms with E-state index in [2.05, 4.69) is 14.8 Å². The van der Waals surface area contributed by atoms with Gasteiger partial charge in [0.1, 0.15) is 5.69 Å². The molecule has 0 fully saturated rings. The summed E-state index contributed by atoms with van der Waals surface area (Å²) in [7, 11) is 0. The van der Waals surface area contributed by atoms with Crippen molar-refractivity contribution >= 4 is 5.97 Å². The van der Waals surface area contributed by atoms with Crippen molar-refractivity contribution < 1.29 is 35.9 Å². The van der Waals surface area contributed by atoms with Crippen LogP contribution in [0.15, 0.2) is 30.7 Å². The average molecular weight is 354 g/mol. The third-order valence-corrected chi connectivity index (χ3v) is 2.70. The quantitative estimate of drug-likeness (QED) is 0.520. The number of rotatable bonds is 3. The summed E-state index contributed by atoms with van der Waals surface area (Å²) in [5.74, 6) is -2.47. The molecule has 0 aliphatic carbocycles. The van der Waals surface area contributed by atoms with Crippen LogP contribution < -0.4 is 5.73 Å². The molecule has 0 saturated heterocycles. The molecule has 2 rings (SSSR count). The number of pyridine rings is 1. The van der Waals surface area contributed by atoms with Crippen LogP contribution in [0, 0.1) is 0 Å². The Morgan fingerprint density at radius 2 is 1.83 bits per heavy atom. The van der Waals surface area contributed by atoms with Gasteiger partial charge in [-0.1, -0.05) is 0 Å². The van der Waals surface area contributed by atoms with Crippen molar-refractivity contribution in [3.05, 3.63) is 42.0 Å². The van der Waals surface area contributed by atoms with E-state index in [0.29, 0.717) is 6.07 Å². The Hall–Kier alpha value is -2.63. The van der Waals surface area contributed by atoms with Crippen molar-refractivity contribution in [2.45, 2.75) is 18.6 Å². The number of hydrogen-bond acceptors (Lipinski definition) is 5. The summed E-state index contributed by atoms with van der Waals surface area (Å²) in [6, 6.07) is 1.76. The number of ether oxygens (including phenoxy) is 1. The number of alkyl halides is 6. The van der Waals surface area contributed by atoms with Gasteiger partial charge in [-0.15, -0.1) is 0 Å². The van der Waals surface area contributed by atoms with Crippen LogP contribution in [0.4, 0.5) is 26.3 Å². The maximum Gasteiger partial charge on any atom is 0.490 e. The van der Waals surface area contributed by atoms with Gasteiger partial charge in [0, 0.05) is 11.8 Å². The van der Waals surface area contributed by atoms with E-state index in [1.807, 2.05) is 0 Å². The summed E-state index contributed by atoms with van der Waals surface area (Å²) >= 11 is 0. The molecule has 0 aliphatic heterocycles. The van der Waals surface area contributed by atoms with Crippen molar-refractivity contribution in [3.8, 4) is 5.69 Å². The highest BCUT2D eigenvalue weighted by Crippen LogP contribution is 2.27. The maximum atomic E-state index is 12.4. The molecule has 0 aromatic carbocycles. The van der Waals surface area contributed by atoms with E-state index in [4.69, 9.17) is 5.73 Å². The topological polar surface area (TPSA) is 83.0 Å². The molecule has 0 saturated carbocycles. The van der Waals surface area contributed by atoms with Gasteiger partial charge in [-0.2, -0.15) is 31.4 Å². The van der Waals surface area contributed by atoms with Gasteiger partial charge in [0.25, 0.3) is 0 Å². The summed E-state index contributed by atoms with van der Waals surface area (Å²) in [6.07, 6.45) is -8.58. The molecule has 0 radical (unpaired) electrons. The molecule has 1 unspecified atom stereocenters. The second kappa shape index (κ2) is 6.11. The van der Waals surface area contributed by atoms with E-state index < -0.39 is 30.2 Å². The second-order valence-electron chi connectivity index (χ2n) is 4.44. The number of halogens is 6. The first kappa shape index (κ1) is 17.7. The molecule has 0 amide bonds. The molecule has 2 aromatic heterocycles. The lowest BCUT2D eigenvalue weighted by molar-refractivity contribution is -0.205. The zero-order chi connectivity index (χ0) is 18.1. The molecule has 130 valence electrons. The summed E-state index contributed by atoms with van der Waals surface area (Å²) < 4.78 is 78.5. The molecule has 2 heterocycles. The van der Waals surface area contributed by atoms with E-state index in [0.717, 1.165) is 29.3 Å². The van der Waals surface area contributed by atoms with Crippen molar-refractivity contribution in [1.29, 1.82) is 0 Å². The summed E-state index contributed by atoms with van der Waals surface area (Å²) in [5, 5.41) is 3.71. The standard InChI is InChI=1S/C12H8F6N4O2/c13-11(14,15)8-2-1-7(4-20-8)22-5-6(3-21-22)9(19)24-10(23)12(16,17)18/h1-5,9H,19H2. The van der Waals surface area contributed by atoms with E-state index in [-0.39, 0.29) is 11.3 Å². The Bertz CT molecular complexity index is 722. The van der Waals surface area contributed by atoms with Crippen LogP contribution >= 0.6 is 0 Å². The van der Waals surface area contributed by atoms with Crippen LogP contribution in [0.25, 0.3) is 5.69 Å². The monoisotopic (exact) mass is 354 g/mol. The smallest absolute Gasteiger partial charge is 0.436 e. The van der Waals surface area contributed by atoms with Gasteiger partial charge in [-0.05, 0) is 12.1 Å². The fraction of sp³-hybridized carbons (Fsp3) is 0.250. The summed E-state index contributed by atoms with van der Waals surface area (Å²) in [4.78, 5) is 13.9. The van der Waals surface area contributed by atoms with E-state index >= 15 is 0 Å². The molecule has 2 N–H and O–H groups in total. The number of hydrogen-bond donors (Lipinski definition) is 1. The maximum absolute atomic E-state index is 12.4. The predicted octanol–water partition coefficient (Wildman–Crippen LogP) is 2.35. The number of carbonyl (C=O) groups is 1. The first-order valence-corrected chi connectivity index (χ1v) is 6.10. The van der Waals surface area contributed by atoms with Crippen LogP contribution in [-0.2, 0) is 15.7 Å².